The van der Waals surface area contributed by atoms with Crippen molar-refractivity contribution in [2.75, 3.05) is 6.61 Å². The molecule has 3 atom stereocenters. The van der Waals surface area contributed by atoms with Crippen LogP contribution < -0.4 is 5.32 Å². The Hall–Kier alpha value is -1.43. The van der Waals surface area contributed by atoms with E-state index in [1.165, 1.54) is 231 Å². The summed E-state index contributed by atoms with van der Waals surface area (Å²) in [5.41, 5.74) is 0. The molecule has 0 aliphatic rings. The third-order valence-electron chi connectivity index (χ3n) is 12.6. The molecule has 0 aliphatic heterocycles. The van der Waals surface area contributed by atoms with E-state index < -0.39 is 18.2 Å². The zero-order valence-electron chi connectivity index (χ0n) is 41.1. The van der Waals surface area contributed by atoms with Gasteiger partial charge in [-0.15, -0.1) is 0 Å². The summed E-state index contributed by atoms with van der Waals surface area (Å²) in [6.45, 7) is 4.23. The minimum atomic E-state index is -0.952. The fraction of sp³-hybridized carbons (Fsp3) is 0.875. The Balaban J connectivity index is 3.58. The highest BCUT2D eigenvalue weighted by Gasteiger charge is 2.20. The number of allylic oxidation sites excluding steroid dienone is 5. The molecule has 0 aromatic heterocycles. The lowest BCUT2D eigenvalue weighted by molar-refractivity contribution is -0.124. The first-order chi connectivity index (χ1) is 30.0. The Kier molecular flexibility index (Phi) is 50.0. The number of unbranched alkanes of at least 4 members (excludes halogenated alkanes) is 37. The molecule has 5 nitrogen and oxygen atoms in total. The van der Waals surface area contributed by atoms with Crippen LogP contribution in [0.4, 0.5) is 0 Å². The molecule has 0 fully saturated rings. The lowest BCUT2D eigenvalue weighted by Crippen LogP contribution is -2.45. The predicted molar refractivity (Wildman–Crippen MR) is 268 cm³/mol. The zero-order chi connectivity index (χ0) is 44.4. The summed E-state index contributed by atoms with van der Waals surface area (Å²) in [6, 6.07) is -0.761. The molecule has 61 heavy (non-hydrogen) atoms. The Morgan fingerprint density at radius 3 is 1.05 bits per heavy atom. The molecular weight excluding hydrogens is 751 g/mol. The van der Waals surface area contributed by atoms with Crippen molar-refractivity contribution in [3.05, 3.63) is 36.5 Å². The normalized spacial score (nSPS) is 13.6. The molecule has 0 aromatic rings. The number of amides is 1. The van der Waals surface area contributed by atoms with E-state index in [1.54, 1.807) is 6.08 Å². The van der Waals surface area contributed by atoms with E-state index in [0.717, 1.165) is 32.1 Å². The third-order valence-corrected chi connectivity index (χ3v) is 12.6. The fourth-order valence-electron chi connectivity index (χ4n) is 8.47. The van der Waals surface area contributed by atoms with Gasteiger partial charge in [0.1, 0.15) is 0 Å². The highest BCUT2D eigenvalue weighted by molar-refractivity contribution is 5.76. The largest absolute Gasteiger partial charge is 0.394 e. The lowest BCUT2D eigenvalue weighted by atomic mass is 10.0. The van der Waals surface area contributed by atoms with Crippen molar-refractivity contribution in [2.24, 2.45) is 0 Å². The second-order valence-electron chi connectivity index (χ2n) is 18.8. The Morgan fingerprint density at radius 2 is 0.705 bits per heavy atom. The van der Waals surface area contributed by atoms with Crippen LogP contribution in [0.2, 0.25) is 0 Å². The minimum Gasteiger partial charge on any atom is -0.394 e. The number of carbonyl (C=O) groups excluding carboxylic acids is 1. The first-order valence-electron chi connectivity index (χ1n) is 27.3. The maximum absolute atomic E-state index is 12.5. The van der Waals surface area contributed by atoms with Gasteiger partial charge in [0.15, 0.2) is 0 Å². The molecule has 0 saturated heterocycles. The van der Waals surface area contributed by atoms with Crippen LogP contribution in [0.15, 0.2) is 36.5 Å². The van der Waals surface area contributed by atoms with E-state index in [2.05, 4.69) is 43.5 Å². The van der Waals surface area contributed by atoms with Gasteiger partial charge in [0.05, 0.1) is 31.3 Å². The summed E-state index contributed by atoms with van der Waals surface area (Å²) in [4.78, 5) is 12.5. The van der Waals surface area contributed by atoms with Crippen LogP contribution in [-0.2, 0) is 4.79 Å². The smallest absolute Gasteiger partial charge is 0.222 e. The van der Waals surface area contributed by atoms with Crippen LogP contribution in [0.5, 0.6) is 0 Å². The van der Waals surface area contributed by atoms with Crippen molar-refractivity contribution in [1.82, 2.24) is 5.32 Å². The number of carbonyl (C=O) groups is 1. The summed E-state index contributed by atoms with van der Waals surface area (Å²) in [6.07, 6.45) is 66.1. The van der Waals surface area contributed by atoms with Gasteiger partial charge < -0.3 is 20.6 Å². The molecule has 1 amide bonds. The third kappa shape index (κ3) is 47.9. The Labute approximate surface area is 381 Å². The second-order valence-corrected chi connectivity index (χ2v) is 18.8. The summed E-state index contributed by atoms with van der Waals surface area (Å²) >= 11 is 0. The molecule has 0 bridgehead atoms. The zero-order valence-corrected chi connectivity index (χ0v) is 41.1. The molecule has 0 spiro atoms. The van der Waals surface area contributed by atoms with Crippen molar-refractivity contribution < 1.29 is 20.1 Å². The molecule has 0 aromatic carbocycles. The van der Waals surface area contributed by atoms with Gasteiger partial charge in [-0.2, -0.15) is 0 Å². The van der Waals surface area contributed by atoms with Gasteiger partial charge in [0.2, 0.25) is 5.91 Å². The van der Waals surface area contributed by atoms with E-state index in [9.17, 15) is 20.1 Å². The van der Waals surface area contributed by atoms with Gasteiger partial charge in [-0.3, -0.25) is 4.79 Å². The standard InChI is InChI=1S/C56H107NO4/c1-3-5-7-9-11-13-15-17-19-21-23-24-25-26-27-28-29-30-31-32-33-35-37-39-41-43-45-47-49-53(59)51-56(61)57-54(52-58)55(60)50-48-46-44-42-40-38-36-34-22-20-18-16-14-12-10-8-6-4-2/h26-27,40,42,48,50,53-55,58-60H,3-25,28-39,41,43-47,49,51-52H2,1-2H3,(H,57,61)/b27-26-,42-40+,50-48+. The summed E-state index contributed by atoms with van der Waals surface area (Å²) in [7, 11) is 0. The van der Waals surface area contributed by atoms with Gasteiger partial charge in [0, 0.05) is 0 Å². The lowest BCUT2D eigenvalue weighted by Gasteiger charge is -2.21. The van der Waals surface area contributed by atoms with Crippen LogP contribution in [-0.4, -0.2) is 46.1 Å². The highest BCUT2D eigenvalue weighted by Crippen LogP contribution is 2.17. The topological polar surface area (TPSA) is 89.8 Å². The maximum Gasteiger partial charge on any atom is 0.222 e. The van der Waals surface area contributed by atoms with Gasteiger partial charge >= 0.3 is 0 Å². The van der Waals surface area contributed by atoms with Crippen molar-refractivity contribution >= 4 is 5.91 Å². The van der Waals surface area contributed by atoms with E-state index in [0.29, 0.717) is 6.42 Å². The van der Waals surface area contributed by atoms with E-state index >= 15 is 0 Å². The average molecular weight is 858 g/mol. The maximum atomic E-state index is 12.5. The van der Waals surface area contributed by atoms with E-state index in [4.69, 9.17) is 0 Å². The monoisotopic (exact) mass is 858 g/mol. The number of aliphatic hydroxyl groups excluding tert-OH is 3. The quantitative estimate of drug-likeness (QED) is 0.0362. The van der Waals surface area contributed by atoms with Crippen molar-refractivity contribution in [3.63, 3.8) is 0 Å². The Bertz CT molecular complexity index is 947. The van der Waals surface area contributed by atoms with Crippen LogP contribution in [0.3, 0.4) is 0 Å². The van der Waals surface area contributed by atoms with Crippen LogP contribution in [0.1, 0.15) is 290 Å². The van der Waals surface area contributed by atoms with Gasteiger partial charge in [-0.05, 0) is 57.8 Å². The number of rotatable bonds is 50. The number of nitrogens with one attached hydrogen (secondary N) is 1. The highest BCUT2D eigenvalue weighted by atomic mass is 16.3. The molecule has 0 rings (SSSR count). The first kappa shape index (κ1) is 59.6. The van der Waals surface area contributed by atoms with Gasteiger partial charge in [-0.25, -0.2) is 0 Å². The average Bonchev–Trinajstić information content (AvgIpc) is 3.25. The SMILES string of the molecule is CCCCCCCCCCCCCC/C=C\CCCCCCCCCCCCCCC(O)CC(=O)NC(CO)C(O)/C=C/CC/C=C/CCCCCCCCCCCCCC. The molecule has 0 saturated carbocycles. The summed E-state index contributed by atoms with van der Waals surface area (Å²) in [5, 5.41) is 33.4. The van der Waals surface area contributed by atoms with Gasteiger partial charge in [0.25, 0.3) is 0 Å². The van der Waals surface area contributed by atoms with Crippen molar-refractivity contribution in [2.45, 2.75) is 308 Å². The molecule has 0 aliphatic carbocycles. The summed E-state index contributed by atoms with van der Waals surface area (Å²) in [5.74, 6) is -0.322. The molecular formula is C56H107NO4. The number of hydrogen-bond donors (Lipinski definition) is 4. The molecule has 5 heteroatoms. The molecule has 3 unspecified atom stereocenters. The van der Waals surface area contributed by atoms with E-state index in [-0.39, 0.29) is 18.9 Å². The van der Waals surface area contributed by atoms with Gasteiger partial charge in [-0.1, -0.05) is 262 Å². The number of aliphatic hydroxyl groups is 3. The second kappa shape index (κ2) is 51.2. The number of hydrogen-bond acceptors (Lipinski definition) is 4. The fourth-order valence-corrected chi connectivity index (χ4v) is 8.47. The van der Waals surface area contributed by atoms with Crippen molar-refractivity contribution in [1.29, 1.82) is 0 Å². The Morgan fingerprint density at radius 1 is 0.410 bits per heavy atom. The van der Waals surface area contributed by atoms with Crippen LogP contribution in [0, 0.1) is 0 Å². The molecule has 360 valence electrons. The minimum absolute atomic E-state index is 0.00707. The predicted octanol–water partition coefficient (Wildman–Crippen LogP) is 16.7. The van der Waals surface area contributed by atoms with E-state index in [1.807, 2.05) is 6.08 Å². The van der Waals surface area contributed by atoms with Crippen LogP contribution in [0.25, 0.3) is 0 Å². The summed E-state index contributed by atoms with van der Waals surface area (Å²) < 4.78 is 0. The van der Waals surface area contributed by atoms with Crippen LogP contribution >= 0.6 is 0 Å². The molecule has 4 N–H and O–H groups in total. The molecule has 0 heterocycles. The first-order valence-corrected chi connectivity index (χ1v) is 27.3. The van der Waals surface area contributed by atoms with Crippen molar-refractivity contribution in [3.8, 4) is 0 Å². The molecule has 0 radical (unpaired) electrons.